The highest BCUT2D eigenvalue weighted by Crippen LogP contribution is 2.16. The highest BCUT2D eigenvalue weighted by atomic mass is 35.5. The van der Waals surface area contributed by atoms with Gasteiger partial charge in [-0.25, -0.2) is 0 Å². The Hall–Kier alpha value is -2.40. The summed E-state index contributed by atoms with van der Waals surface area (Å²) in [6.45, 7) is 0. The van der Waals surface area contributed by atoms with Crippen LogP contribution in [0.5, 0.6) is 0 Å². The van der Waals surface area contributed by atoms with Crippen LogP contribution >= 0.6 is 11.6 Å². The molecule has 0 aliphatic heterocycles. The van der Waals surface area contributed by atoms with Crippen molar-refractivity contribution in [3.05, 3.63) is 58.9 Å². The van der Waals surface area contributed by atoms with E-state index in [4.69, 9.17) is 11.6 Å². The molecule has 0 spiro atoms. The number of carbonyl (C=O) groups is 2. The van der Waals surface area contributed by atoms with Crippen molar-refractivity contribution in [1.29, 1.82) is 0 Å². The predicted molar refractivity (Wildman–Crippen MR) is 81.4 cm³/mol. The van der Waals surface area contributed by atoms with Crippen LogP contribution in [-0.4, -0.2) is 23.8 Å². The van der Waals surface area contributed by atoms with E-state index in [-0.39, 0.29) is 11.8 Å². The third-order valence-electron chi connectivity index (χ3n) is 2.87. The van der Waals surface area contributed by atoms with Gasteiger partial charge in [0, 0.05) is 25.1 Å². The fourth-order valence-electron chi connectivity index (χ4n) is 1.72. The molecule has 1 aromatic heterocycles. The lowest BCUT2D eigenvalue weighted by Crippen LogP contribution is -2.19. The SMILES string of the molecule is CNC(=O)Cc1ccc(NC(=O)c2cnccc2Cl)cc1. The smallest absolute Gasteiger partial charge is 0.258 e. The Morgan fingerprint density at radius 3 is 2.52 bits per heavy atom. The fraction of sp³-hybridized carbons (Fsp3) is 0.133. The van der Waals surface area contributed by atoms with Gasteiger partial charge in [0.1, 0.15) is 0 Å². The molecular weight excluding hydrogens is 290 g/mol. The van der Waals surface area contributed by atoms with Crippen molar-refractivity contribution < 1.29 is 9.59 Å². The van der Waals surface area contributed by atoms with E-state index in [1.165, 1.54) is 12.4 Å². The second kappa shape index (κ2) is 6.85. The van der Waals surface area contributed by atoms with Crippen LogP contribution in [-0.2, 0) is 11.2 Å². The summed E-state index contributed by atoms with van der Waals surface area (Å²) in [6, 6.07) is 8.61. The van der Waals surface area contributed by atoms with Crippen molar-refractivity contribution in [3.8, 4) is 0 Å². The van der Waals surface area contributed by atoms with E-state index in [0.29, 0.717) is 22.7 Å². The van der Waals surface area contributed by atoms with Crippen molar-refractivity contribution in [2.75, 3.05) is 12.4 Å². The Morgan fingerprint density at radius 2 is 1.90 bits per heavy atom. The molecule has 21 heavy (non-hydrogen) atoms. The molecule has 0 atom stereocenters. The van der Waals surface area contributed by atoms with Crippen molar-refractivity contribution >= 4 is 29.1 Å². The van der Waals surface area contributed by atoms with Crippen LogP contribution in [0.15, 0.2) is 42.7 Å². The molecule has 0 saturated carbocycles. The van der Waals surface area contributed by atoms with Crippen LogP contribution in [0.3, 0.4) is 0 Å². The topological polar surface area (TPSA) is 71.1 Å². The van der Waals surface area contributed by atoms with E-state index in [9.17, 15) is 9.59 Å². The molecule has 5 nitrogen and oxygen atoms in total. The van der Waals surface area contributed by atoms with E-state index in [1.807, 2.05) is 0 Å². The van der Waals surface area contributed by atoms with Gasteiger partial charge in [-0.05, 0) is 23.8 Å². The summed E-state index contributed by atoms with van der Waals surface area (Å²) in [5.74, 6) is -0.388. The maximum Gasteiger partial charge on any atom is 0.258 e. The first-order valence-corrected chi connectivity index (χ1v) is 6.68. The molecule has 2 aromatic rings. The first kappa shape index (κ1) is 15.0. The Labute approximate surface area is 127 Å². The summed E-state index contributed by atoms with van der Waals surface area (Å²) in [5, 5.41) is 5.63. The van der Waals surface area contributed by atoms with Crippen LogP contribution in [0, 0.1) is 0 Å². The normalized spacial score (nSPS) is 10.0. The quantitative estimate of drug-likeness (QED) is 0.910. The van der Waals surface area contributed by atoms with E-state index < -0.39 is 0 Å². The number of amides is 2. The molecule has 0 radical (unpaired) electrons. The van der Waals surface area contributed by atoms with E-state index in [2.05, 4.69) is 15.6 Å². The summed E-state index contributed by atoms with van der Waals surface area (Å²) >= 11 is 5.94. The molecule has 2 amide bonds. The van der Waals surface area contributed by atoms with E-state index in [1.54, 1.807) is 37.4 Å². The zero-order chi connectivity index (χ0) is 15.2. The molecule has 0 aliphatic carbocycles. The van der Waals surface area contributed by atoms with Crippen LogP contribution in [0.4, 0.5) is 5.69 Å². The fourth-order valence-corrected chi connectivity index (χ4v) is 1.91. The number of likely N-dealkylation sites (N-methyl/N-ethyl adjacent to an activating group) is 1. The maximum absolute atomic E-state index is 12.0. The summed E-state index contributed by atoms with van der Waals surface area (Å²) in [7, 11) is 1.59. The minimum absolute atomic E-state index is 0.0612. The lowest BCUT2D eigenvalue weighted by atomic mass is 10.1. The van der Waals surface area contributed by atoms with E-state index in [0.717, 1.165) is 5.56 Å². The number of anilines is 1. The zero-order valence-electron chi connectivity index (χ0n) is 11.4. The van der Waals surface area contributed by atoms with Gasteiger partial charge in [0.05, 0.1) is 17.0 Å². The number of pyridine rings is 1. The third-order valence-corrected chi connectivity index (χ3v) is 3.20. The Morgan fingerprint density at radius 1 is 1.19 bits per heavy atom. The molecule has 6 heteroatoms. The van der Waals surface area contributed by atoms with Gasteiger partial charge in [-0.3, -0.25) is 14.6 Å². The van der Waals surface area contributed by atoms with Crippen molar-refractivity contribution in [1.82, 2.24) is 10.3 Å². The lowest BCUT2D eigenvalue weighted by Gasteiger charge is -2.07. The second-order valence-electron chi connectivity index (χ2n) is 4.36. The summed E-state index contributed by atoms with van der Waals surface area (Å²) in [4.78, 5) is 27.2. The zero-order valence-corrected chi connectivity index (χ0v) is 12.1. The highest BCUT2D eigenvalue weighted by Gasteiger charge is 2.10. The van der Waals surface area contributed by atoms with Crippen molar-refractivity contribution in [2.45, 2.75) is 6.42 Å². The van der Waals surface area contributed by atoms with Gasteiger partial charge in [-0.1, -0.05) is 23.7 Å². The number of aromatic nitrogens is 1. The summed E-state index contributed by atoms with van der Waals surface area (Å²) in [5.41, 5.74) is 1.81. The predicted octanol–water partition coefficient (Wildman–Crippen LogP) is 2.28. The number of hydrogen-bond donors (Lipinski definition) is 2. The molecule has 1 aromatic carbocycles. The second-order valence-corrected chi connectivity index (χ2v) is 4.76. The minimum Gasteiger partial charge on any atom is -0.359 e. The molecule has 0 unspecified atom stereocenters. The maximum atomic E-state index is 12.0. The lowest BCUT2D eigenvalue weighted by molar-refractivity contribution is -0.119. The number of benzene rings is 1. The van der Waals surface area contributed by atoms with Gasteiger partial charge in [-0.2, -0.15) is 0 Å². The van der Waals surface area contributed by atoms with Crippen LogP contribution in [0.25, 0.3) is 0 Å². The first-order chi connectivity index (χ1) is 10.1. The summed E-state index contributed by atoms with van der Waals surface area (Å²) in [6.07, 6.45) is 3.24. The van der Waals surface area contributed by atoms with E-state index >= 15 is 0 Å². The first-order valence-electron chi connectivity index (χ1n) is 6.30. The monoisotopic (exact) mass is 303 g/mol. The molecule has 2 N–H and O–H groups in total. The molecule has 2 rings (SSSR count). The number of nitrogens with one attached hydrogen (secondary N) is 2. The minimum atomic E-state index is -0.327. The standard InChI is InChI=1S/C15H14ClN3O2/c1-17-14(20)8-10-2-4-11(5-3-10)19-15(21)12-9-18-7-6-13(12)16/h2-7,9H,8H2,1H3,(H,17,20)(H,19,21). The number of rotatable bonds is 4. The molecule has 0 fully saturated rings. The van der Waals surface area contributed by atoms with Crippen LogP contribution < -0.4 is 10.6 Å². The van der Waals surface area contributed by atoms with Gasteiger partial charge in [-0.15, -0.1) is 0 Å². The Balaban J connectivity index is 2.05. The third kappa shape index (κ3) is 4.03. The molecular formula is C15H14ClN3O2. The van der Waals surface area contributed by atoms with Gasteiger partial charge >= 0.3 is 0 Å². The Bertz CT molecular complexity index is 656. The van der Waals surface area contributed by atoms with Gasteiger partial charge < -0.3 is 10.6 Å². The van der Waals surface area contributed by atoms with Gasteiger partial charge in [0.15, 0.2) is 0 Å². The number of hydrogen-bond acceptors (Lipinski definition) is 3. The van der Waals surface area contributed by atoms with Gasteiger partial charge in [0.2, 0.25) is 5.91 Å². The summed E-state index contributed by atoms with van der Waals surface area (Å²) < 4.78 is 0. The molecule has 108 valence electrons. The molecule has 0 bridgehead atoms. The molecule has 0 aliphatic rings. The van der Waals surface area contributed by atoms with Gasteiger partial charge in [0.25, 0.3) is 5.91 Å². The largest absolute Gasteiger partial charge is 0.359 e. The number of nitrogens with zero attached hydrogens (tertiary/aromatic N) is 1. The molecule has 1 heterocycles. The average molecular weight is 304 g/mol. The highest BCUT2D eigenvalue weighted by molar-refractivity contribution is 6.34. The number of carbonyl (C=O) groups excluding carboxylic acids is 2. The van der Waals surface area contributed by atoms with Crippen LogP contribution in [0.2, 0.25) is 5.02 Å². The van der Waals surface area contributed by atoms with Crippen molar-refractivity contribution in [2.24, 2.45) is 0 Å². The number of halogens is 1. The average Bonchev–Trinajstić information content (AvgIpc) is 2.49. The molecule has 0 saturated heterocycles. The Kier molecular flexibility index (Phi) is 4.90. The van der Waals surface area contributed by atoms with Crippen LogP contribution in [0.1, 0.15) is 15.9 Å². The van der Waals surface area contributed by atoms with Crippen molar-refractivity contribution in [3.63, 3.8) is 0 Å².